The van der Waals surface area contributed by atoms with Crippen LogP contribution in [0.2, 0.25) is 5.02 Å². The van der Waals surface area contributed by atoms with E-state index in [4.69, 9.17) is 21.1 Å². The van der Waals surface area contributed by atoms with Crippen LogP contribution >= 0.6 is 11.6 Å². The number of nitrogens with zero attached hydrogens (tertiary/aromatic N) is 2. The average molecular weight is 556 g/mol. The van der Waals surface area contributed by atoms with Crippen LogP contribution in [0.4, 0.5) is 10.2 Å². The molecule has 38 heavy (non-hydrogen) atoms. The molecule has 0 spiro atoms. The fraction of sp³-hybridized carbons (Fsp3) is 0.0769. The van der Waals surface area contributed by atoms with Gasteiger partial charge in [0.25, 0.3) is 15.6 Å². The van der Waals surface area contributed by atoms with Crippen LogP contribution in [0.1, 0.15) is 0 Å². The summed E-state index contributed by atoms with van der Waals surface area (Å²) in [6.45, 7) is 0. The number of pyridine rings is 1. The van der Waals surface area contributed by atoms with Crippen LogP contribution in [0.15, 0.2) is 87.2 Å². The topological polar surface area (TPSA) is 113 Å². The zero-order chi connectivity index (χ0) is 27.0. The Labute approximate surface area is 221 Å². The van der Waals surface area contributed by atoms with Crippen molar-refractivity contribution in [3.8, 4) is 28.3 Å². The summed E-state index contributed by atoms with van der Waals surface area (Å²) in [6, 6.07) is 15.9. The van der Waals surface area contributed by atoms with Gasteiger partial charge < -0.3 is 14.0 Å². The quantitative estimate of drug-likeness (QED) is 0.291. The molecule has 12 heteroatoms. The number of sulfonamides is 1. The molecule has 0 aliphatic rings. The Kier molecular flexibility index (Phi) is 6.55. The highest BCUT2D eigenvalue weighted by molar-refractivity contribution is 7.92. The monoisotopic (exact) mass is 555 g/mol. The third-order valence-electron chi connectivity index (χ3n) is 5.84. The maximum absolute atomic E-state index is 15.5. The standard InChI is InChI=1S/C26H19ClFN3O6S/c1-35-22-5-3-4-17(26(22)27)18-13-23(36-2)21(14-19(18)28)31-20-8-7-16(12-15(20)6-9-25(31)32)38(33,34)30-24-10-11-37-29-24/h3-14H,1-2H3,(H,29,30). The van der Waals surface area contributed by atoms with E-state index in [1.165, 1.54) is 73.6 Å². The minimum atomic E-state index is -4.00. The highest BCUT2D eigenvalue weighted by atomic mass is 35.5. The van der Waals surface area contributed by atoms with Crippen molar-refractivity contribution in [3.05, 3.63) is 94.2 Å². The van der Waals surface area contributed by atoms with E-state index in [1.807, 2.05) is 0 Å². The van der Waals surface area contributed by atoms with Crippen LogP contribution in [0.5, 0.6) is 11.5 Å². The van der Waals surface area contributed by atoms with Gasteiger partial charge in [-0.1, -0.05) is 28.9 Å². The number of hydrogen-bond acceptors (Lipinski definition) is 7. The van der Waals surface area contributed by atoms with Crippen LogP contribution in [0.3, 0.4) is 0 Å². The van der Waals surface area contributed by atoms with Crippen molar-refractivity contribution in [1.82, 2.24) is 9.72 Å². The first kappa shape index (κ1) is 25.3. The lowest BCUT2D eigenvalue weighted by molar-refractivity contribution is 0.411. The molecule has 0 aliphatic heterocycles. The molecule has 9 nitrogen and oxygen atoms in total. The molecule has 0 radical (unpaired) electrons. The van der Waals surface area contributed by atoms with Gasteiger partial charge in [-0.25, -0.2) is 12.8 Å². The number of halogens is 2. The highest BCUT2D eigenvalue weighted by Crippen LogP contribution is 2.39. The van der Waals surface area contributed by atoms with E-state index in [2.05, 4.69) is 14.4 Å². The first-order chi connectivity index (χ1) is 18.2. The Bertz CT molecular complexity index is 1840. The summed E-state index contributed by atoms with van der Waals surface area (Å²) in [5.41, 5.74) is 0.518. The molecule has 3 aromatic carbocycles. The summed E-state index contributed by atoms with van der Waals surface area (Å²) in [7, 11) is -1.14. The number of fused-ring (bicyclic) bond motifs is 1. The lowest BCUT2D eigenvalue weighted by Crippen LogP contribution is -2.19. The number of hydrogen-bond donors (Lipinski definition) is 1. The van der Waals surface area contributed by atoms with E-state index in [1.54, 1.807) is 18.2 Å². The summed E-state index contributed by atoms with van der Waals surface area (Å²) in [6.07, 6.45) is 1.23. The predicted octanol–water partition coefficient (Wildman–Crippen LogP) is 5.26. The zero-order valence-electron chi connectivity index (χ0n) is 19.9. The minimum absolute atomic E-state index is 0.0199. The second-order valence-electron chi connectivity index (χ2n) is 8.04. The van der Waals surface area contributed by atoms with E-state index < -0.39 is 21.4 Å². The van der Waals surface area contributed by atoms with E-state index in [9.17, 15) is 13.2 Å². The van der Waals surface area contributed by atoms with Crippen LogP contribution in [0.25, 0.3) is 27.7 Å². The van der Waals surface area contributed by atoms with E-state index in [0.717, 1.165) is 0 Å². The Balaban J connectivity index is 1.65. The molecular formula is C26H19ClFN3O6S. The average Bonchev–Trinajstić information content (AvgIpc) is 3.41. The molecule has 2 aromatic heterocycles. The number of methoxy groups -OCH3 is 2. The summed E-state index contributed by atoms with van der Waals surface area (Å²) in [4.78, 5) is 12.9. The van der Waals surface area contributed by atoms with Crippen molar-refractivity contribution in [2.75, 3.05) is 18.9 Å². The van der Waals surface area contributed by atoms with Crippen molar-refractivity contribution in [2.24, 2.45) is 0 Å². The normalized spacial score (nSPS) is 11.5. The molecule has 0 bridgehead atoms. The molecule has 0 aliphatic carbocycles. The minimum Gasteiger partial charge on any atom is -0.495 e. The second-order valence-corrected chi connectivity index (χ2v) is 10.1. The van der Waals surface area contributed by atoms with Gasteiger partial charge >= 0.3 is 0 Å². The molecule has 0 saturated carbocycles. The van der Waals surface area contributed by atoms with Crippen molar-refractivity contribution in [3.63, 3.8) is 0 Å². The third-order valence-corrected chi connectivity index (χ3v) is 7.58. The fourth-order valence-electron chi connectivity index (χ4n) is 4.07. The largest absolute Gasteiger partial charge is 0.495 e. The highest BCUT2D eigenvalue weighted by Gasteiger charge is 2.21. The van der Waals surface area contributed by atoms with Crippen molar-refractivity contribution < 1.29 is 26.8 Å². The van der Waals surface area contributed by atoms with Crippen LogP contribution in [0, 0.1) is 5.82 Å². The SMILES string of the molecule is COc1cc(-c2cccc(OC)c2Cl)c(F)cc1-n1c(=O)ccc2cc(S(=O)(=O)Nc3ccon3)ccc21. The molecule has 0 atom stereocenters. The van der Waals surface area contributed by atoms with Crippen LogP contribution < -0.4 is 19.8 Å². The summed E-state index contributed by atoms with van der Waals surface area (Å²) < 4.78 is 60.1. The lowest BCUT2D eigenvalue weighted by atomic mass is 10.0. The van der Waals surface area contributed by atoms with Crippen molar-refractivity contribution in [2.45, 2.75) is 4.90 Å². The summed E-state index contributed by atoms with van der Waals surface area (Å²) >= 11 is 6.42. The van der Waals surface area contributed by atoms with Gasteiger partial charge in [-0.2, -0.15) is 0 Å². The zero-order valence-corrected chi connectivity index (χ0v) is 21.5. The molecule has 0 unspecified atom stereocenters. The Hall–Kier alpha value is -4.35. The van der Waals surface area contributed by atoms with Crippen molar-refractivity contribution >= 4 is 38.3 Å². The predicted molar refractivity (Wildman–Crippen MR) is 140 cm³/mol. The molecule has 5 aromatic rings. The van der Waals surface area contributed by atoms with Gasteiger partial charge in [-0.05, 0) is 36.4 Å². The number of aromatic nitrogens is 2. The number of rotatable bonds is 7. The van der Waals surface area contributed by atoms with Crippen LogP contribution in [-0.4, -0.2) is 32.4 Å². The van der Waals surface area contributed by atoms with Gasteiger partial charge in [0, 0.05) is 34.7 Å². The van der Waals surface area contributed by atoms with E-state index in [-0.39, 0.29) is 32.7 Å². The fourth-order valence-corrected chi connectivity index (χ4v) is 5.40. The van der Waals surface area contributed by atoms with Gasteiger partial charge in [0.2, 0.25) is 0 Å². The Morgan fingerprint density at radius 1 is 0.974 bits per heavy atom. The van der Waals surface area contributed by atoms with Gasteiger partial charge in [-0.3, -0.25) is 14.1 Å². The molecule has 0 amide bonds. The molecule has 5 rings (SSSR count). The first-order valence-corrected chi connectivity index (χ1v) is 12.9. The Morgan fingerprint density at radius 2 is 1.76 bits per heavy atom. The molecule has 0 saturated heterocycles. The molecule has 194 valence electrons. The lowest BCUT2D eigenvalue weighted by Gasteiger charge is -2.17. The molecule has 1 N–H and O–H groups in total. The molecule has 2 heterocycles. The summed E-state index contributed by atoms with van der Waals surface area (Å²) in [5, 5.41) is 4.18. The van der Waals surface area contributed by atoms with Crippen molar-refractivity contribution in [1.29, 1.82) is 0 Å². The number of benzene rings is 3. The van der Waals surface area contributed by atoms with Gasteiger partial charge in [0.15, 0.2) is 5.82 Å². The Morgan fingerprint density at radius 3 is 2.47 bits per heavy atom. The van der Waals surface area contributed by atoms with Crippen LogP contribution in [-0.2, 0) is 10.0 Å². The number of ether oxygens (including phenoxy) is 2. The van der Waals surface area contributed by atoms with Gasteiger partial charge in [-0.15, -0.1) is 0 Å². The maximum Gasteiger partial charge on any atom is 0.263 e. The van der Waals surface area contributed by atoms with Gasteiger partial charge in [0.1, 0.15) is 23.6 Å². The van der Waals surface area contributed by atoms with Gasteiger partial charge in [0.05, 0.1) is 35.3 Å². The third kappa shape index (κ3) is 4.46. The summed E-state index contributed by atoms with van der Waals surface area (Å²) in [5.74, 6) is -0.0673. The first-order valence-electron chi connectivity index (χ1n) is 11.0. The number of nitrogens with one attached hydrogen (secondary N) is 1. The molecular weight excluding hydrogens is 537 g/mol. The smallest absolute Gasteiger partial charge is 0.263 e. The second kappa shape index (κ2) is 9.84. The van der Waals surface area contributed by atoms with E-state index in [0.29, 0.717) is 22.2 Å². The maximum atomic E-state index is 15.5. The van der Waals surface area contributed by atoms with E-state index >= 15 is 4.39 Å². The number of anilines is 1. The molecule has 0 fully saturated rings.